The van der Waals surface area contributed by atoms with E-state index >= 15 is 0 Å². The van der Waals surface area contributed by atoms with E-state index in [-0.39, 0.29) is 6.04 Å². The Kier molecular flexibility index (Phi) is 2.67. The SMILES string of the molecule is CC1(C)Cc2nc(N3CCCC3)sc2C(N)C1. The Balaban J connectivity index is 1.91. The smallest absolute Gasteiger partial charge is 0.185 e. The monoisotopic (exact) mass is 251 g/mol. The third-order valence-electron chi connectivity index (χ3n) is 3.85. The number of aromatic nitrogens is 1. The van der Waals surface area contributed by atoms with Gasteiger partial charge in [0.2, 0.25) is 0 Å². The molecule has 1 aromatic heterocycles. The van der Waals surface area contributed by atoms with E-state index in [1.807, 2.05) is 11.3 Å². The lowest BCUT2D eigenvalue weighted by Gasteiger charge is -2.32. The van der Waals surface area contributed by atoms with Gasteiger partial charge in [0.05, 0.1) is 5.69 Å². The second kappa shape index (κ2) is 3.95. The fourth-order valence-corrected chi connectivity index (χ4v) is 4.16. The predicted octanol–water partition coefficient (Wildman–Crippen LogP) is 2.72. The predicted molar refractivity (Wildman–Crippen MR) is 72.6 cm³/mol. The molecular formula is C13H21N3S. The quantitative estimate of drug-likeness (QED) is 0.834. The van der Waals surface area contributed by atoms with E-state index in [1.54, 1.807) is 0 Å². The van der Waals surface area contributed by atoms with Crippen LogP contribution in [0.15, 0.2) is 0 Å². The van der Waals surface area contributed by atoms with Crippen molar-refractivity contribution in [3.63, 3.8) is 0 Å². The second-order valence-electron chi connectivity index (χ2n) is 6.15. The standard InChI is InChI=1S/C13H21N3S/c1-13(2)7-9(14)11-10(8-13)15-12(17-11)16-5-3-4-6-16/h9H,3-8,14H2,1-2H3. The van der Waals surface area contributed by atoms with Gasteiger partial charge in [0.1, 0.15) is 0 Å². The minimum atomic E-state index is 0.197. The normalized spacial score (nSPS) is 27.2. The van der Waals surface area contributed by atoms with Gasteiger partial charge in [-0.05, 0) is 31.1 Å². The Morgan fingerprint density at radius 2 is 2.06 bits per heavy atom. The summed E-state index contributed by atoms with van der Waals surface area (Å²) < 4.78 is 0. The largest absolute Gasteiger partial charge is 0.348 e. The van der Waals surface area contributed by atoms with Crippen LogP contribution in [0.2, 0.25) is 0 Å². The summed E-state index contributed by atoms with van der Waals surface area (Å²) in [6.07, 6.45) is 4.78. The Morgan fingerprint density at radius 1 is 1.35 bits per heavy atom. The average molecular weight is 251 g/mol. The van der Waals surface area contributed by atoms with Crippen LogP contribution in [0.25, 0.3) is 0 Å². The van der Waals surface area contributed by atoms with Crippen molar-refractivity contribution < 1.29 is 0 Å². The van der Waals surface area contributed by atoms with Crippen molar-refractivity contribution in [1.29, 1.82) is 0 Å². The van der Waals surface area contributed by atoms with Gasteiger partial charge in [-0.3, -0.25) is 0 Å². The fraction of sp³-hybridized carbons (Fsp3) is 0.769. The van der Waals surface area contributed by atoms with Crippen molar-refractivity contribution in [2.24, 2.45) is 11.1 Å². The molecule has 0 saturated carbocycles. The lowest BCUT2D eigenvalue weighted by Crippen LogP contribution is -2.28. The number of rotatable bonds is 1. The van der Waals surface area contributed by atoms with Crippen molar-refractivity contribution in [2.75, 3.05) is 18.0 Å². The molecule has 1 fully saturated rings. The number of fused-ring (bicyclic) bond motifs is 1. The molecule has 0 radical (unpaired) electrons. The minimum Gasteiger partial charge on any atom is -0.348 e. The molecule has 0 aromatic carbocycles. The van der Waals surface area contributed by atoms with Crippen LogP contribution in [-0.4, -0.2) is 18.1 Å². The summed E-state index contributed by atoms with van der Waals surface area (Å²) in [5, 5.41) is 1.21. The maximum atomic E-state index is 6.29. The molecule has 0 spiro atoms. The van der Waals surface area contributed by atoms with E-state index in [0.717, 1.165) is 12.8 Å². The first kappa shape index (κ1) is 11.5. The molecular weight excluding hydrogens is 230 g/mol. The third-order valence-corrected chi connectivity index (χ3v) is 5.14. The first-order valence-corrected chi connectivity index (χ1v) is 7.37. The van der Waals surface area contributed by atoms with Crippen molar-refractivity contribution in [1.82, 2.24) is 4.98 Å². The van der Waals surface area contributed by atoms with E-state index in [2.05, 4.69) is 18.7 Å². The summed E-state index contributed by atoms with van der Waals surface area (Å²) >= 11 is 1.83. The van der Waals surface area contributed by atoms with E-state index in [4.69, 9.17) is 10.7 Å². The van der Waals surface area contributed by atoms with Crippen molar-refractivity contribution >= 4 is 16.5 Å². The molecule has 1 aliphatic carbocycles. The summed E-state index contributed by atoms with van der Waals surface area (Å²) in [7, 11) is 0. The van der Waals surface area contributed by atoms with Crippen LogP contribution in [0.5, 0.6) is 0 Å². The molecule has 1 saturated heterocycles. The molecule has 1 aromatic rings. The molecule has 1 atom stereocenters. The van der Waals surface area contributed by atoms with E-state index in [1.165, 1.54) is 41.6 Å². The van der Waals surface area contributed by atoms with E-state index in [9.17, 15) is 0 Å². The number of hydrogen-bond acceptors (Lipinski definition) is 4. The molecule has 2 N–H and O–H groups in total. The second-order valence-corrected chi connectivity index (χ2v) is 7.16. The first-order valence-electron chi connectivity index (χ1n) is 6.55. The van der Waals surface area contributed by atoms with Crippen molar-refractivity contribution in [3.8, 4) is 0 Å². The van der Waals surface area contributed by atoms with Crippen molar-refractivity contribution in [3.05, 3.63) is 10.6 Å². The third kappa shape index (κ3) is 2.08. The molecule has 3 nitrogen and oxygen atoms in total. The summed E-state index contributed by atoms with van der Waals surface area (Å²) in [5.41, 5.74) is 7.86. The molecule has 2 heterocycles. The molecule has 17 heavy (non-hydrogen) atoms. The molecule has 94 valence electrons. The van der Waals surface area contributed by atoms with E-state index in [0.29, 0.717) is 5.41 Å². The van der Waals surface area contributed by atoms with Crippen LogP contribution in [0.1, 0.15) is 49.7 Å². The van der Waals surface area contributed by atoms with Gasteiger partial charge in [0, 0.05) is 24.0 Å². The zero-order valence-electron chi connectivity index (χ0n) is 10.7. The summed E-state index contributed by atoms with van der Waals surface area (Å²) in [5.74, 6) is 0. The van der Waals surface area contributed by atoms with Crippen molar-refractivity contribution in [2.45, 2.75) is 45.6 Å². The maximum Gasteiger partial charge on any atom is 0.185 e. The number of thiazole rings is 1. The Morgan fingerprint density at radius 3 is 2.76 bits per heavy atom. The number of anilines is 1. The Hall–Kier alpha value is -0.610. The zero-order valence-corrected chi connectivity index (χ0v) is 11.5. The number of nitrogens with two attached hydrogens (primary N) is 1. The van der Waals surface area contributed by atoms with Crippen LogP contribution in [0.3, 0.4) is 0 Å². The molecule has 2 aliphatic rings. The Bertz CT molecular complexity index is 418. The minimum absolute atomic E-state index is 0.197. The van der Waals surface area contributed by atoms with Gasteiger partial charge in [-0.2, -0.15) is 0 Å². The van der Waals surface area contributed by atoms with Crippen LogP contribution in [-0.2, 0) is 6.42 Å². The van der Waals surface area contributed by atoms with Crippen LogP contribution >= 0.6 is 11.3 Å². The lowest BCUT2D eigenvalue weighted by molar-refractivity contribution is 0.282. The van der Waals surface area contributed by atoms with Gasteiger partial charge in [0.15, 0.2) is 5.13 Å². The van der Waals surface area contributed by atoms with Gasteiger partial charge < -0.3 is 10.6 Å². The topological polar surface area (TPSA) is 42.2 Å². The number of hydrogen-bond donors (Lipinski definition) is 1. The van der Waals surface area contributed by atoms with Gasteiger partial charge in [-0.15, -0.1) is 0 Å². The summed E-state index contributed by atoms with van der Waals surface area (Å²) in [6.45, 7) is 6.94. The van der Waals surface area contributed by atoms with Crippen LogP contribution in [0.4, 0.5) is 5.13 Å². The highest BCUT2D eigenvalue weighted by Gasteiger charge is 2.34. The molecule has 0 bridgehead atoms. The van der Waals surface area contributed by atoms with Gasteiger partial charge in [0.25, 0.3) is 0 Å². The van der Waals surface area contributed by atoms with Crippen LogP contribution in [0, 0.1) is 5.41 Å². The first-order chi connectivity index (χ1) is 8.05. The van der Waals surface area contributed by atoms with Gasteiger partial charge in [-0.25, -0.2) is 4.98 Å². The highest BCUT2D eigenvalue weighted by atomic mass is 32.1. The highest BCUT2D eigenvalue weighted by molar-refractivity contribution is 7.15. The van der Waals surface area contributed by atoms with Gasteiger partial charge in [-0.1, -0.05) is 25.2 Å². The van der Waals surface area contributed by atoms with E-state index < -0.39 is 0 Å². The Labute approximate surface area is 107 Å². The zero-order chi connectivity index (χ0) is 12.0. The maximum absolute atomic E-state index is 6.29. The molecule has 0 amide bonds. The lowest BCUT2D eigenvalue weighted by atomic mass is 9.77. The average Bonchev–Trinajstić information content (AvgIpc) is 2.81. The highest BCUT2D eigenvalue weighted by Crippen LogP contribution is 2.43. The van der Waals surface area contributed by atoms with Crippen LogP contribution < -0.4 is 10.6 Å². The molecule has 3 rings (SSSR count). The number of nitrogens with zero attached hydrogens (tertiary/aromatic N) is 2. The molecule has 4 heteroatoms. The summed E-state index contributed by atoms with van der Waals surface area (Å²) in [6, 6.07) is 0.197. The van der Waals surface area contributed by atoms with Gasteiger partial charge >= 0.3 is 0 Å². The summed E-state index contributed by atoms with van der Waals surface area (Å²) in [4.78, 5) is 8.60. The molecule has 1 aliphatic heterocycles. The molecule has 1 unspecified atom stereocenters. The fourth-order valence-electron chi connectivity index (χ4n) is 3.02.